The summed E-state index contributed by atoms with van der Waals surface area (Å²) in [5, 5.41) is 14.6. The molecule has 1 aliphatic rings. The summed E-state index contributed by atoms with van der Waals surface area (Å²) in [6.07, 6.45) is 3.11. The molecular weight excluding hydrogens is 284 g/mol. The van der Waals surface area contributed by atoms with E-state index < -0.39 is 10.7 Å². The topological polar surface area (TPSA) is 81.3 Å². The van der Waals surface area contributed by atoms with Gasteiger partial charge < -0.3 is 15.0 Å². The lowest BCUT2D eigenvalue weighted by Gasteiger charge is -2.33. The summed E-state index contributed by atoms with van der Waals surface area (Å²) in [5.41, 5.74) is 0.441. The third-order valence-corrected chi connectivity index (χ3v) is 4.14. The van der Waals surface area contributed by atoms with Crippen molar-refractivity contribution >= 4 is 23.3 Å². The van der Waals surface area contributed by atoms with Crippen LogP contribution in [0.1, 0.15) is 31.9 Å². The van der Waals surface area contributed by atoms with Gasteiger partial charge in [0.05, 0.1) is 10.8 Å². The van der Waals surface area contributed by atoms with E-state index in [1.54, 1.807) is 6.92 Å². The monoisotopic (exact) mass is 300 g/mol. The fourth-order valence-electron chi connectivity index (χ4n) is 2.47. The standard InChI is InChI=1S/C12H17ClN4O3/c1-8-5-3-4-6-15(8)10(18)7-16-9(2)11(13)12(14-16)17(19)20/h8H,3-7H2,1-2H3/t8-/m0/s1. The van der Waals surface area contributed by atoms with E-state index in [-0.39, 0.29) is 23.5 Å². The number of carbonyl (C=O) groups is 1. The van der Waals surface area contributed by atoms with E-state index in [0.717, 1.165) is 25.8 Å². The summed E-state index contributed by atoms with van der Waals surface area (Å²) in [7, 11) is 0. The Labute approximate surface area is 121 Å². The lowest BCUT2D eigenvalue weighted by molar-refractivity contribution is -0.389. The predicted octanol–water partition coefficient (Wildman–Crippen LogP) is 2.15. The molecule has 0 N–H and O–H groups in total. The minimum absolute atomic E-state index is 0.00510. The Morgan fingerprint density at radius 2 is 2.25 bits per heavy atom. The molecule has 2 heterocycles. The van der Waals surface area contributed by atoms with Crippen LogP contribution < -0.4 is 0 Å². The maximum atomic E-state index is 12.3. The molecule has 2 rings (SSSR count). The first kappa shape index (κ1) is 14.8. The van der Waals surface area contributed by atoms with Gasteiger partial charge in [-0.05, 0) is 38.0 Å². The summed E-state index contributed by atoms with van der Waals surface area (Å²) in [4.78, 5) is 24.2. The smallest absolute Gasteiger partial charge is 0.358 e. The van der Waals surface area contributed by atoms with Gasteiger partial charge in [0.2, 0.25) is 5.91 Å². The second kappa shape index (κ2) is 5.78. The van der Waals surface area contributed by atoms with Crippen LogP contribution in [0.25, 0.3) is 0 Å². The van der Waals surface area contributed by atoms with Crippen LogP contribution in [0.2, 0.25) is 5.02 Å². The molecule has 0 aliphatic carbocycles. The van der Waals surface area contributed by atoms with Crippen molar-refractivity contribution in [1.82, 2.24) is 14.7 Å². The first-order chi connectivity index (χ1) is 9.41. The third-order valence-electron chi connectivity index (χ3n) is 3.70. The van der Waals surface area contributed by atoms with Gasteiger partial charge >= 0.3 is 5.82 Å². The van der Waals surface area contributed by atoms with Gasteiger partial charge in [0.25, 0.3) is 0 Å². The third kappa shape index (κ3) is 2.77. The van der Waals surface area contributed by atoms with Gasteiger partial charge in [-0.25, -0.2) is 0 Å². The van der Waals surface area contributed by atoms with Crippen LogP contribution in [0.15, 0.2) is 0 Å². The van der Waals surface area contributed by atoms with Gasteiger partial charge in [-0.2, -0.15) is 4.68 Å². The molecular formula is C12H17ClN4O3. The molecule has 1 aromatic heterocycles. The zero-order valence-electron chi connectivity index (χ0n) is 11.5. The number of rotatable bonds is 3. The van der Waals surface area contributed by atoms with Crippen molar-refractivity contribution in [3.05, 3.63) is 20.8 Å². The van der Waals surface area contributed by atoms with Crippen molar-refractivity contribution in [2.75, 3.05) is 6.54 Å². The zero-order chi connectivity index (χ0) is 14.9. The maximum Gasteiger partial charge on any atom is 0.408 e. The number of carbonyl (C=O) groups excluding carboxylic acids is 1. The van der Waals surface area contributed by atoms with Crippen LogP contribution in [0.4, 0.5) is 5.82 Å². The van der Waals surface area contributed by atoms with Gasteiger partial charge in [0.15, 0.2) is 5.02 Å². The molecule has 0 aromatic carbocycles. The molecule has 0 spiro atoms. The van der Waals surface area contributed by atoms with Gasteiger partial charge in [-0.15, -0.1) is 0 Å². The average molecular weight is 301 g/mol. The van der Waals surface area contributed by atoms with E-state index in [1.807, 2.05) is 11.8 Å². The molecule has 7 nitrogen and oxygen atoms in total. The van der Waals surface area contributed by atoms with Crippen LogP contribution in [0.3, 0.4) is 0 Å². The quantitative estimate of drug-likeness (QED) is 0.632. The number of likely N-dealkylation sites (tertiary alicyclic amines) is 1. The predicted molar refractivity (Wildman–Crippen MR) is 73.7 cm³/mol. The molecule has 1 amide bonds. The molecule has 1 saturated heterocycles. The first-order valence-electron chi connectivity index (χ1n) is 6.58. The van der Waals surface area contributed by atoms with Gasteiger partial charge in [-0.3, -0.25) is 4.79 Å². The van der Waals surface area contributed by atoms with Crippen molar-refractivity contribution in [3.8, 4) is 0 Å². The fraction of sp³-hybridized carbons (Fsp3) is 0.667. The Balaban J connectivity index is 2.15. The molecule has 1 aliphatic heterocycles. The molecule has 1 fully saturated rings. The van der Waals surface area contributed by atoms with Crippen molar-refractivity contribution in [2.24, 2.45) is 0 Å². The number of piperidine rings is 1. The zero-order valence-corrected chi connectivity index (χ0v) is 12.3. The lowest BCUT2D eigenvalue weighted by Crippen LogP contribution is -2.43. The highest BCUT2D eigenvalue weighted by Crippen LogP contribution is 2.26. The van der Waals surface area contributed by atoms with Crippen LogP contribution in [0.5, 0.6) is 0 Å². The number of halogens is 1. The molecule has 1 aromatic rings. The van der Waals surface area contributed by atoms with E-state index in [9.17, 15) is 14.9 Å². The molecule has 0 saturated carbocycles. The first-order valence-corrected chi connectivity index (χ1v) is 6.96. The van der Waals surface area contributed by atoms with E-state index >= 15 is 0 Å². The maximum absolute atomic E-state index is 12.3. The number of hydrogen-bond acceptors (Lipinski definition) is 4. The van der Waals surface area contributed by atoms with Crippen LogP contribution in [-0.4, -0.2) is 38.1 Å². The Kier molecular flexibility index (Phi) is 4.27. The number of amides is 1. The molecule has 8 heteroatoms. The summed E-state index contributed by atoms with van der Waals surface area (Å²) < 4.78 is 1.31. The van der Waals surface area contributed by atoms with E-state index in [2.05, 4.69) is 5.10 Å². The average Bonchev–Trinajstić information content (AvgIpc) is 2.67. The Hall–Kier alpha value is -1.63. The van der Waals surface area contributed by atoms with Crippen molar-refractivity contribution in [2.45, 2.75) is 45.7 Å². The summed E-state index contributed by atoms with van der Waals surface area (Å²) in [6.45, 7) is 4.36. The van der Waals surface area contributed by atoms with Crippen LogP contribution >= 0.6 is 11.6 Å². The number of aromatic nitrogens is 2. The molecule has 20 heavy (non-hydrogen) atoms. The highest BCUT2D eigenvalue weighted by molar-refractivity contribution is 6.33. The van der Waals surface area contributed by atoms with Gasteiger partial charge in [0, 0.05) is 12.6 Å². The van der Waals surface area contributed by atoms with E-state index in [1.165, 1.54) is 4.68 Å². The second-order valence-corrected chi connectivity index (χ2v) is 5.45. The summed E-state index contributed by atoms with van der Waals surface area (Å²) >= 11 is 5.86. The van der Waals surface area contributed by atoms with Crippen LogP contribution in [-0.2, 0) is 11.3 Å². The number of hydrogen-bond donors (Lipinski definition) is 0. The minimum atomic E-state index is -0.639. The highest BCUT2D eigenvalue weighted by atomic mass is 35.5. The largest absolute Gasteiger partial charge is 0.408 e. The second-order valence-electron chi connectivity index (χ2n) is 5.07. The Bertz CT molecular complexity index is 543. The van der Waals surface area contributed by atoms with Crippen molar-refractivity contribution in [3.63, 3.8) is 0 Å². The van der Waals surface area contributed by atoms with Crippen molar-refractivity contribution < 1.29 is 9.72 Å². The van der Waals surface area contributed by atoms with Gasteiger partial charge in [-0.1, -0.05) is 11.6 Å². The molecule has 0 unspecified atom stereocenters. The van der Waals surface area contributed by atoms with Gasteiger partial charge in [0.1, 0.15) is 6.54 Å². The van der Waals surface area contributed by atoms with E-state index in [4.69, 9.17) is 11.6 Å². The number of nitro groups is 1. The normalized spacial score (nSPS) is 19.1. The molecule has 0 radical (unpaired) electrons. The van der Waals surface area contributed by atoms with Crippen LogP contribution in [0, 0.1) is 17.0 Å². The Morgan fingerprint density at radius 1 is 1.55 bits per heavy atom. The Morgan fingerprint density at radius 3 is 2.80 bits per heavy atom. The lowest BCUT2D eigenvalue weighted by atomic mass is 10.0. The minimum Gasteiger partial charge on any atom is -0.358 e. The van der Waals surface area contributed by atoms with E-state index in [0.29, 0.717) is 5.69 Å². The highest BCUT2D eigenvalue weighted by Gasteiger charge is 2.28. The number of nitrogens with zero attached hydrogens (tertiary/aromatic N) is 4. The fourth-order valence-corrected chi connectivity index (χ4v) is 2.67. The molecule has 1 atom stereocenters. The molecule has 110 valence electrons. The summed E-state index contributed by atoms with van der Waals surface area (Å²) in [5.74, 6) is -0.474. The van der Waals surface area contributed by atoms with Crippen molar-refractivity contribution in [1.29, 1.82) is 0 Å². The SMILES string of the molecule is Cc1c(Cl)c([N+](=O)[O-])nn1CC(=O)N1CCCC[C@@H]1C. The molecule has 0 bridgehead atoms. The summed E-state index contributed by atoms with van der Waals surface area (Å²) in [6, 6.07) is 0.206.